The number of hydrogen-bond donors (Lipinski definition) is 1. The van der Waals surface area contributed by atoms with Crippen molar-refractivity contribution in [2.75, 3.05) is 17.3 Å². The molecule has 96 valence electrons. The molecule has 1 aliphatic heterocycles. The fourth-order valence-electron chi connectivity index (χ4n) is 2.24. The minimum atomic E-state index is 0.00973. The fraction of sp³-hybridized carbons (Fsp3) is 0.429. The van der Waals surface area contributed by atoms with Crippen LogP contribution in [-0.2, 0) is 0 Å². The van der Waals surface area contributed by atoms with Crippen molar-refractivity contribution < 1.29 is 4.42 Å². The zero-order valence-electron chi connectivity index (χ0n) is 10.4. The molecule has 0 spiro atoms. The number of benzene rings is 1. The third kappa shape index (κ3) is 2.42. The second-order valence-electron chi connectivity index (χ2n) is 4.70. The number of nitrogens with two attached hydrogens (primary N) is 1. The second-order valence-corrected chi connectivity index (χ2v) is 7.20. The second kappa shape index (κ2) is 5.19. The molecule has 4 heteroatoms. The average molecular weight is 279 g/mol. The Hall–Kier alpha value is -0.580. The first kappa shape index (κ1) is 12.5. The van der Waals surface area contributed by atoms with Crippen molar-refractivity contribution >= 4 is 34.5 Å². The van der Waals surface area contributed by atoms with E-state index >= 15 is 0 Å². The van der Waals surface area contributed by atoms with E-state index in [-0.39, 0.29) is 6.04 Å². The van der Waals surface area contributed by atoms with Crippen molar-refractivity contribution in [3.63, 3.8) is 0 Å². The summed E-state index contributed by atoms with van der Waals surface area (Å²) < 4.78 is 5.89. The Bertz CT molecular complexity index is 546. The Balaban J connectivity index is 1.88. The van der Waals surface area contributed by atoms with E-state index in [1.54, 1.807) is 0 Å². The number of hydrogen-bond acceptors (Lipinski definition) is 4. The van der Waals surface area contributed by atoms with Gasteiger partial charge in [0.25, 0.3) is 0 Å². The minimum Gasteiger partial charge on any atom is -0.459 e. The van der Waals surface area contributed by atoms with Gasteiger partial charge in [0.05, 0.1) is 6.04 Å². The van der Waals surface area contributed by atoms with Crippen LogP contribution in [0.2, 0.25) is 0 Å². The largest absolute Gasteiger partial charge is 0.459 e. The minimum absolute atomic E-state index is 0.00973. The number of rotatable bonds is 2. The van der Waals surface area contributed by atoms with E-state index < -0.39 is 0 Å². The highest BCUT2D eigenvalue weighted by molar-refractivity contribution is 8.06. The lowest BCUT2D eigenvalue weighted by atomic mass is 10.1. The summed E-state index contributed by atoms with van der Waals surface area (Å²) in [5.41, 5.74) is 8.54. The van der Waals surface area contributed by atoms with Crippen molar-refractivity contribution in [1.82, 2.24) is 0 Å². The monoisotopic (exact) mass is 279 g/mol. The maximum absolute atomic E-state index is 6.34. The smallest absolute Gasteiger partial charge is 0.134 e. The lowest BCUT2D eigenvalue weighted by Gasteiger charge is -2.25. The molecular weight excluding hydrogens is 262 g/mol. The highest BCUT2D eigenvalue weighted by Crippen LogP contribution is 2.34. The molecular formula is C14H17NOS2. The average Bonchev–Trinajstić information content (AvgIpc) is 2.81. The first-order valence-corrected chi connectivity index (χ1v) is 8.39. The maximum Gasteiger partial charge on any atom is 0.134 e. The molecule has 1 aliphatic rings. The molecule has 2 N–H and O–H groups in total. The van der Waals surface area contributed by atoms with Gasteiger partial charge in [-0.05, 0) is 25.1 Å². The molecule has 1 aromatic heterocycles. The molecule has 1 aromatic carbocycles. The van der Waals surface area contributed by atoms with Crippen LogP contribution < -0.4 is 5.73 Å². The molecule has 0 saturated carbocycles. The number of furan rings is 1. The number of thioether (sulfide) groups is 2. The van der Waals surface area contributed by atoms with Gasteiger partial charge >= 0.3 is 0 Å². The third-order valence-corrected chi connectivity index (χ3v) is 6.15. The molecule has 0 radical (unpaired) electrons. The van der Waals surface area contributed by atoms with Crippen molar-refractivity contribution in [2.45, 2.75) is 18.2 Å². The summed E-state index contributed by atoms with van der Waals surface area (Å²) in [6.45, 7) is 2.10. The molecule has 0 aliphatic carbocycles. The van der Waals surface area contributed by atoms with E-state index in [0.717, 1.165) is 22.5 Å². The predicted molar refractivity (Wildman–Crippen MR) is 81.5 cm³/mol. The SMILES string of the molecule is Cc1ccc2oc(C(N)C3CSCCS3)cc2c1. The lowest BCUT2D eigenvalue weighted by Crippen LogP contribution is -2.28. The Morgan fingerprint density at radius 1 is 1.33 bits per heavy atom. The fourth-order valence-corrected chi connectivity index (χ4v) is 5.02. The van der Waals surface area contributed by atoms with E-state index in [4.69, 9.17) is 10.2 Å². The van der Waals surface area contributed by atoms with E-state index in [1.807, 2.05) is 29.6 Å². The van der Waals surface area contributed by atoms with Crippen LogP contribution in [0.25, 0.3) is 11.0 Å². The van der Waals surface area contributed by atoms with Crippen molar-refractivity contribution in [1.29, 1.82) is 0 Å². The van der Waals surface area contributed by atoms with Crippen LogP contribution >= 0.6 is 23.5 Å². The molecule has 3 rings (SSSR count). The van der Waals surface area contributed by atoms with Crippen LogP contribution in [0, 0.1) is 6.92 Å². The first-order chi connectivity index (χ1) is 8.74. The van der Waals surface area contributed by atoms with Gasteiger partial charge < -0.3 is 10.2 Å². The van der Waals surface area contributed by atoms with Crippen molar-refractivity contribution in [3.8, 4) is 0 Å². The Labute approximate surface area is 116 Å². The predicted octanol–water partition coefficient (Wildman–Crippen LogP) is 3.59. The summed E-state index contributed by atoms with van der Waals surface area (Å²) >= 11 is 3.97. The molecule has 2 aromatic rings. The van der Waals surface area contributed by atoms with Crippen LogP contribution in [0.4, 0.5) is 0 Å². The molecule has 2 heterocycles. The molecule has 1 saturated heterocycles. The van der Waals surface area contributed by atoms with Crippen LogP contribution in [0.3, 0.4) is 0 Å². The molecule has 2 unspecified atom stereocenters. The zero-order valence-corrected chi connectivity index (χ0v) is 12.0. The molecule has 0 amide bonds. The highest BCUT2D eigenvalue weighted by atomic mass is 32.2. The van der Waals surface area contributed by atoms with Gasteiger partial charge in [-0.25, -0.2) is 0 Å². The Morgan fingerprint density at radius 3 is 3.00 bits per heavy atom. The number of fused-ring (bicyclic) bond motifs is 1. The van der Waals surface area contributed by atoms with Gasteiger partial charge in [-0.1, -0.05) is 11.6 Å². The summed E-state index contributed by atoms with van der Waals surface area (Å²) in [5, 5.41) is 1.64. The van der Waals surface area contributed by atoms with E-state index in [0.29, 0.717) is 5.25 Å². The van der Waals surface area contributed by atoms with E-state index in [1.165, 1.54) is 17.1 Å². The summed E-state index contributed by atoms with van der Waals surface area (Å²) in [4.78, 5) is 0. The van der Waals surface area contributed by atoms with Crippen molar-refractivity contribution in [2.24, 2.45) is 5.73 Å². The Morgan fingerprint density at radius 2 is 2.22 bits per heavy atom. The van der Waals surface area contributed by atoms with Gasteiger partial charge in [-0.15, -0.1) is 0 Å². The third-order valence-electron chi connectivity index (χ3n) is 3.26. The van der Waals surface area contributed by atoms with Gasteiger partial charge in [-0.2, -0.15) is 23.5 Å². The zero-order chi connectivity index (χ0) is 12.5. The molecule has 2 nitrogen and oxygen atoms in total. The number of aryl methyl sites for hydroxylation is 1. The molecule has 0 bridgehead atoms. The van der Waals surface area contributed by atoms with E-state index in [9.17, 15) is 0 Å². The van der Waals surface area contributed by atoms with Crippen LogP contribution in [-0.4, -0.2) is 22.5 Å². The van der Waals surface area contributed by atoms with Crippen molar-refractivity contribution in [3.05, 3.63) is 35.6 Å². The first-order valence-electron chi connectivity index (χ1n) is 6.19. The van der Waals surface area contributed by atoms with Crippen LogP contribution in [0.5, 0.6) is 0 Å². The van der Waals surface area contributed by atoms with Gasteiger partial charge in [0, 0.05) is 27.9 Å². The summed E-state index contributed by atoms with van der Waals surface area (Å²) in [5.74, 6) is 4.49. The van der Waals surface area contributed by atoms with Gasteiger partial charge in [0.2, 0.25) is 0 Å². The summed E-state index contributed by atoms with van der Waals surface area (Å²) in [6, 6.07) is 8.37. The maximum atomic E-state index is 6.34. The molecule has 2 atom stereocenters. The summed E-state index contributed by atoms with van der Waals surface area (Å²) in [7, 11) is 0. The quantitative estimate of drug-likeness (QED) is 0.912. The summed E-state index contributed by atoms with van der Waals surface area (Å²) in [6.07, 6.45) is 0. The molecule has 1 fully saturated rings. The normalized spacial score (nSPS) is 22.2. The Kier molecular flexibility index (Phi) is 3.59. The topological polar surface area (TPSA) is 39.2 Å². The van der Waals surface area contributed by atoms with Crippen LogP contribution in [0.15, 0.2) is 28.7 Å². The molecule has 18 heavy (non-hydrogen) atoms. The van der Waals surface area contributed by atoms with Gasteiger partial charge in [0.15, 0.2) is 0 Å². The van der Waals surface area contributed by atoms with E-state index in [2.05, 4.69) is 25.1 Å². The van der Waals surface area contributed by atoms with Crippen LogP contribution in [0.1, 0.15) is 17.4 Å². The lowest BCUT2D eigenvalue weighted by molar-refractivity contribution is 0.494. The standard InChI is InChI=1S/C14H17NOS2/c1-9-2-3-11-10(6-9)7-12(16-11)14(15)13-8-17-4-5-18-13/h2-3,6-7,13-14H,4-5,8,15H2,1H3. The van der Waals surface area contributed by atoms with Gasteiger partial charge in [-0.3, -0.25) is 0 Å². The highest BCUT2D eigenvalue weighted by Gasteiger charge is 2.25. The van der Waals surface area contributed by atoms with Gasteiger partial charge in [0.1, 0.15) is 11.3 Å².